The van der Waals surface area contributed by atoms with Gasteiger partial charge < -0.3 is 5.32 Å². The highest BCUT2D eigenvalue weighted by Gasteiger charge is 2.24. The fourth-order valence-electron chi connectivity index (χ4n) is 3.57. The van der Waals surface area contributed by atoms with Crippen LogP contribution in [0.2, 0.25) is 0 Å². The third-order valence-electron chi connectivity index (χ3n) is 4.97. The second-order valence-corrected chi connectivity index (χ2v) is 6.88. The van der Waals surface area contributed by atoms with Gasteiger partial charge in [0.1, 0.15) is 11.6 Å². The van der Waals surface area contributed by atoms with E-state index in [1.165, 1.54) is 0 Å². The minimum Gasteiger partial charge on any atom is -0.367 e. The Kier molecular flexibility index (Phi) is 4.91. The molecule has 0 saturated heterocycles. The Labute approximate surface area is 157 Å². The molecule has 4 rings (SSSR count). The smallest absolute Gasteiger partial charge is 0.267 e. The Balaban J connectivity index is 1.46. The number of rotatable bonds is 4. The molecule has 0 spiro atoms. The van der Waals surface area contributed by atoms with Crippen LogP contribution in [-0.2, 0) is 0 Å². The average Bonchev–Trinajstić information content (AvgIpc) is 2.70. The minimum atomic E-state index is -0.0457. The molecule has 0 unspecified atom stereocenters. The normalized spacial score (nSPS) is 19.6. The average molecular weight is 362 g/mol. The third-order valence-corrected chi connectivity index (χ3v) is 4.97. The van der Waals surface area contributed by atoms with E-state index in [-0.39, 0.29) is 11.6 Å². The maximum Gasteiger partial charge on any atom is 0.267 e. The first-order valence-corrected chi connectivity index (χ1v) is 9.25. The predicted molar refractivity (Wildman–Crippen MR) is 103 cm³/mol. The van der Waals surface area contributed by atoms with Gasteiger partial charge in [0.25, 0.3) is 5.56 Å². The molecule has 7 heteroatoms. The lowest BCUT2D eigenvalue weighted by molar-refractivity contribution is 0.304. The van der Waals surface area contributed by atoms with Crippen molar-refractivity contribution < 1.29 is 0 Å². The lowest BCUT2D eigenvalue weighted by atomic mass is 9.91. The topological polar surface area (TPSA) is 85.6 Å². The molecular formula is C20H22N6O. The van der Waals surface area contributed by atoms with Crippen molar-refractivity contribution in [2.75, 3.05) is 5.32 Å². The van der Waals surface area contributed by atoms with Gasteiger partial charge in [-0.05, 0) is 56.9 Å². The van der Waals surface area contributed by atoms with Crippen molar-refractivity contribution in [3.63, 3.8) is 0 Å². The number of aromatic nitrogens is 5. The fraction of sp³-hybridized carbons (Fsp3) is 0.350. The predicted octanol–water partition coefficient (Wildman–Crippen LogP) is 3.00. The molecule has 3 heterocycles. The molecule has 3 aromatic rings. The monoisotopic (exact) mass is 362 g/mol. The summed E-state index contributed by atoms with van der Waals surface area (Å²) in [6.45, 7) is 1.88. The zero-order valence-electron chi connectivity index (χ0n) is 15.2. The van der Waals surface area contributed by atoms with Gasteiger partial charge >= 0.3 is 0 Å². The maximum absolute atomic E-state index is 12.4. The Bertz CT molecular complexity index is 963. The number of nitrogens with zero attached hydrogens (tertiary/aromatic N) is 5. The van der Waals surface area contributed by atoms with E-state index < -0.39 is 0 Å². The molecule has 27 heavy (non-hydrogen) atoms. The second kappa shape index (κ2) is 7.65. The van der Waals surface area contributed by atoms with Crippen LogP contribution in [0, 0.1) is 6.92 Å². The van der Waals surface area contributed by atoms with E-state index in [2.05, 4.69) is 25.4 Å². The molecule has 0 aromatic carbocycles. The first-order chi connectivity index (χ1) is 13.2. The molecule has 1 aliphatic rings. The summed E-state index contributed by atoms with van der Waals surface area (Å²) in [6, 6.07) is 9.57. The molecule has 0 amide bonds. The van der Waals surface area contributed by atoms with E-state index in [4.69, 9.17) is 0 Å². The number of pyridine rings is 1. The summed E-state index contributed by atoms with van der Waals surface area (Å²) in [5.41, 5.74) is 1.72. The van der Waals surface area contributed by atoms with Crippen LogP contribution in [-0.4, -0.2) is 30.8 Å². The molecule has 0 aliphatic heterocycles. The zero-order valence-corrected chi connectivity index (χ0v) is 15.2. The largest absolute Gasteiger partial charge is 0.367 e. The molecule has 0 bridgehead atoms. The molecule has 0 atom stereocenters. The molecule has 1 N–H and O–H groups in total. The van der Waals surface area contributed by atoms with Gasteiger partial charge in [0.2, 0.25) is 0 Å². The van der Waals surface area contributed by atoms with Crippen LogP contribution in [0.3, 0.4) is 0 Å². The highest BCUT2D eigenvalue weighted by atomic mass is 16.1. The van der Waals surface area contributed by atoms with Crippen LogP contribution < -0.4 is 10.9 Å². The van der Waals surface area contributed by atoms with Crippen molar-refractivity contribution in [1.29, 1.82) is 0 Å². The number of anilines is 1. The van der Waals surface area contributed by atoms with Crippen LogP contribution in [0.4, 0.5) is 5.82 Å². The van der Waals surface area contributed by atoms with E-state index in [1.54, 1.807) is 35.4 Å². The van der Waals surface area contributed by atoms with Gasteiger partial charge in [0.05, 0.1) is 11.7 Å². The Morgan fingerprint density at radius 1 is 1.00 bits per heavy atom. The molecule has 1 saturated carbocycles. The minimum absolute atomic E-state index is 0.0457. The molecule has 138 valence electrons. The van der Waals surface area contributed by atoms with Gasteiger partial charge in [-0.1, -0.05) is 0 Å². The van der Waals surface area contributed by atoms with Crippen LogP contribution >= 0.6 is 0 Å². The number of hydrogen-bond donors (Lipinski definition) is 1. The lowest BCUT2D eigenvalue weighted by Crippen LogP contribution is -2.33. The number of nitrogens with one attached hydrogen (secondary N) is 1. The fourth-order valence-corrected chi connectivity index (χ4v) is 3.57. The van der Waals surface area contributed by atoms with Crippen LogP contribution in [0.5, 0.6) is 0 Å². The second-order valence-electron chi connectivity index (χ2n) is 6.88. The van der Waals surface area contributed by atoms with Crippen molar-refractivity contribution >= 4 is 5.82 Å². The summed E-state index contributed by atoms with van der Waals surface area (Å²) in [7, 11) is 0. The Hall–Kier alpha value is -3.09. The molecule has 1 fully saturated rings. The van der Waals surface area contributed by atoms with Crippen LogP contribution in [0.15, 0.2) is 53.7 Å². The van der Waals surface area contributed by atoms with Crippen molar-refractivity contribution in [3.8, 4) is 11.3 Å². The Morgan fingerprint density at radius 3 is 2.52 bits per heavy atom. The molecule has 1 aliphatic carbocycles. The maximum atomic E-state index is 12.4. The summed E-state index contributed by atoms with van der Waals surface area (Å²) in [6.07, 6.45) is 9.01. The van der Waals surface area contributed by atoms with E-state index in [0.717, 1.165) is 48.6 Å². The van der Waals surface area contributed by atoms with Crippen LogP contribution in [0.1, 0.15) is 37.5 Å². The SMILES string of the molecule is Cc1nccc(NC2CCC(n3nc(-c4ccncc4)ccc3=O)CC2)n1. The quantitative estimate of drug-likeness (QED) is 0.768. The van der Waals surface area contributed by atoms with Crippen LogP contribution in [0.25, 0.3) is 11.3 Å². The summed E-state index contributed by atoms with van der Waals surface area (Å²) in [5.74, 6) is 1.62. The van der Waals surface area contributed by atoms with Crippen molar-refractivity contribution in [2.24, 2.45) is 0 Å². The standard InChI is InChI=1S/C20H22N6O/c1-14-22-13-10-19(23-14)24-16-2-4-17(5-3-16)26-20(27)7-6-18(25-26)15-8-11-21-12-9-15/h6-13,16-17H,2-5H2,1H3,(H,22,23,24). The lowest BCUT2D eigenvalue weighted by Gasteiger charge is -2.30. The van der Waals surface area contributed by atoms with E-state index in [9.17, 15) is 4.79 Å². The van der Waals surface area contributed by atoms with E-state index >= 15 is 0 Å². The van der Waals surface area contributed by atoms with Gasteiger partial charge in [-0.3, -0.25) is 9.78 Å². The summed E-state index contributed by atoms with van der Waals surface area (Å²) < 4.78 is 1.65. The molecular weight excluding hydrogens is 340 g/mol. The Morgan fingerprint density at radius 2 is 1.78 bits per heavy atom. The van der Waals surface area contributed by atoms with Crippen molar-refractivity contribution in [2.45, 2.75) is 44.7 Å². The van der Waals surface area contributed by atoms with Crippen molar-refractivity contribution in [1.82, 2.24) is 24.7 Å². The van der Waals surface area contributed by atoms with Gasteiger partial charge in [0, 0.05) is 36.3 Å². The third kappa shape index (κ3) is 4.02. The number of hydrogen-bond acceptors (Lipinski definition) is 6. The number of aryl methyl sites for hydroxylation is 1. The highest BCUT2D eigenvalue weighted by Crippen LogP contribution is 2.29. The van der Waals surface area contributed by atoms with Gasteiger partial charge in [-0.15, -0.1) is 0 Å². The summed E-state index contributed by atoms with van der Waals surface area (Å²) >= 11 is 0. The van der Waals surface area contributed by atoms with Crippen molar-refractivity contribution in [3.05, 3.63) is 65.1 Å². The van der Waals surface area contributed by atoms with Gasteiger partial charge in [-0.2, -0.15) is 5.10 Å². The van der Waals surface area contributed by atoms with E-state index in [1.807, 2.05) is 25.1 Å². The molecule has 7 nitrogen and oxygen atoms in total. The zero-order chi connectivity index (χ0) is 18.6. The first-order valence-electron chi connectivity index (χ1n) is 9.25. The van der Waals surface area contributed by atoms with Gasteiger partial charge in [0.15, 0.2) is 0 Å². The van der Waals surface area contributed by atoms with E-state index in [0.29, 0.717) is 6.04 Å². The first kappa shape index (κ1) is 17.3. The summed E-state index contributed by atoms with van der Waals surface area (Å²) in [5, 5.41) is 8.10. The highest BCUT2D eigenvalue weighted by molar-refractivity contribution is 5.57. The van der Waals surface area contributed by atoms with Gasteiger partial charge in [-0.25, -0.2) is 14.6 Å². The molecule has 0 radical (unpaired) electrons. The molecule has 3 aromatic heterocycles. The summed E-state index contributed by atoms with van der Waals surface area (Å²) in [4.78, 5) is 24.9.